The van der Waals surface area contributed by atoms with Crippen LogP contribution in [-0.4, -0.2) is 13.2 Å². The average Bonchev–Trinajstić information content (AvgIpc) is 2.47. The zero-order valence-electron chi connectivity index (χ0n) is 12.6. The van der Waals surface area contributed by atoms with Crippen molar-refractivity contribution in [1.29, 1.82) is 5.26 Å². The van der Waals surface area contributed by atoms with Crippen LogP contribution in [0.5, 0.6) is 5.75 Å². The van der Waals surface area contributed by atoms with E-state index in [1.807, 2.05) is 18.2 Å². The Morgan fingerprint density at radius 2 is 2.05 bits per heavy atom. The molecule has 1 aliphatic carbocycles. The Kier molecular flexibility index (Phi) is 4.89. The van der Waals surface area contributed by atoms with Gasteiger partial charge < -0.3 is 10.1 Å². The molecule has 0 aromatic heterocycles. The minimum Gasteiger partial charge on any atom is -0.495 e. The molecule has 2 unspecified atom stereocenters. The highest BCUT2D eigenvalue weighted by Gasteiger charge is 2.28. The van der Waals surface area contributed by atoms with Gasteiger partial charge in [-0.3, -0.25) is 0 Å². The van der Waals surface area contributed by atoms with E-state index in [1.165, 1.54) is 25.7 Å². The van der Waals surface area contributed by atoms with Gasteiger partial charge in [-0.25, -0.2) is 0 Å². The molecule has 1 saturated carbocycles. The van der Waals surface area contributed by atoms with Gasteiger partial charge in [0.2, 0.25) is 0 Å². The zero-order valence-corrected chi connectivity index (χ0v) is 12.6. The van der Waals surface area contributed by atoms with E-state index in [2.05, 4.69) is 25.2 Å². The number of hydrogen-bond acceptors (Lipinski definition) is 3. The maximum Gasteiger partial charge on any atom is 0.143 e. The number of benzene rings is 1. The molecule has 0 heterocycles. The number of ether oxygens (including phenoxy) is 1. The van der Waals surface area contributed by atoms with Crippen molar-refractivity contribution < 1.29 is 4.74 Å². The Labute approximate surface area is 121 Å². The van der Waals surface area contributed by atoms with Gasteiger partial charge in [-0.15, -0.1) is 0 Å². The van der Waals surface area contributed by atoms with Gasteiger partial charge in [0.1, 0.15) is 11.8 Å². The number of anilines is 1. The summed E-state index contributed by atoms with van der Waals surface area (Å²) in [6, 6.07) is 8.32. The molecule has 0 aliphatic heterocycles. The Morgan fingerprint density at radius 1 is 1.30 bits per heavy atom. The van der Waals surface area contributed by atoms with Gasteiger partial charge in [-0.2, -0.15) is 5.26 Å². The van der Waals surface area contributed by atoms with Crippen LogP contribution in [0.1, 0.15) is 45.1 Å². The summed E-state index contributed by atoms with van der Waals surface area (Å²) in [5.41, 5.74) is 1.52. The highest BCUT2D eigenvalue weighted by molar-refractivity contribution is 5.66. The molecular weight excluding hydrogens is 248 g/mol. The maximum absolute atomic E-state index is 9.30. The Bertz CT molecular complexity index is 490. The molecule has 1 fully saturated rings. The summed E-state index contributed by atoms with van der Waals surface area (Å²) in [7, 11) is 1.66. The van der Waals surface area contributed by atoms with E-state index in [9.17, 15) is 5.26 Å². The van der Waals surface area contributed by atoms with E-state index in [-0.39, 0.29) is 0 Å². The quantitative estimate of drug-likeness (QED) is 0.893. The summed E-state index contributed by atoms with van der Waals surface area (Å²) in [4.78, 5) is 0. The minimum atomic E-state index is 0.437. The molecule has 2 rings (SSSR count). The summed E-state index contributed by atoms with van der Waals surface area (Å²) in [5, 5.41) is 12.9. The molecule has 108 valence electrons. The van der Waals surface area contributed by atoms with Gasteiger partial charge in [-0.1, -0.05) is 32.8 Å². The lowest BCUT2D eigenvalue weighted by Crippen LogP contribution is -2.35. The molecule has 20 heavy (non-hydrogen) atoms. The van der Waals surface area contributed by atoms with Crippen LogP contribution >= 0.6 is 0 Å². The van der Waals surface area contributed by atoms with Crippen molar-refractivity contribution in [3.8, 4) is 11.8 Å². The van der Waals surface area contributed by atoms with Crippen molar-refractivity contribution in [2.45, 2.75) is 45.6 Å². The monoisotopic (exact) mass is 272 g/mol. The van der Waals surface area contributed by atoms with Crippen molar-refractivity contribution in [2.75, 3.05) is 12.4 Å². The molecule has 0 radical (unpaired) electrons. The van der Waals surface area contributed by atoms with Crippen LogP contribution in [0.2, 0.25) is 0 Å². The van der Waals surface area contributed by atoms with Crippen LogP contribution in [0.25, 0.3) is 0 Å². The first kappa shape index (κ1) is 14.7. The number of nitrogens with one attached hydrogen (secondary N) is 1. The van der Waals surface area contributed by atoms with Gasteiger partial charge in [0.15, 0.2) is 0 Å². The van der Waals surface area contributed by atoms with Crippen LogP contribution in [-0.2, 0) is 0 Å². The first-order chi connectivity index (χ1) is 9.67. The van der Waals surface area contributed by atoms with Crippen LogP contribution in [0.3, 0.4) is 0 Å². The van der Waals surface area contributed by atoms with Crippen LogP contribution in [0.4, 0.5) is 5.69 Å². The number of nitriles is 1. The van der Waals surface area contributed by atoms with E-state index in [1.54, 1.807) is 7.11 Å². The highest BCUT2D eigenvalue weighted by atomic mass is 16.5. The number of rotatable bonds is 4. The van der Waals surface area contributed by atoms with E-state index in [0.29, 0.717) is 23.4 Å². The fourth-order valence-corrected chi connectivity index (χ4v) is 3.27. The molecule has 1 aromatic carbocycles. The van der Waals surface area contributed by atoms with E-state index < -0.39 is 0 Å². The van der Waals surface area contributed by atoms with Crippen molar-refractivity contribution in [3.05, 3.63) is 23.8 Å². The normalized spacial score (nSPS) is 22.4. The fraction of sp³-hybridized carbons (Fsp3) is 0.588. The Hall–Kier alpha value is -1.69. The lowest BCUT2D eigenvalue weighted by molar-refractivity contribution is 0.253. The van der Waals surface area contributed by atoms with Gasteiger partial charge in [0.05, 0.1) is 18.4 Å². The predicted octanol–water partition coefficient (Wildman–Crippen LogP) is 4.19. The fourth-order valence-electron chi connectivity index (χ4n) is 3.27. The zero-order chi connectivity index (χ0) is 14.5. The molecular formula is C17H24N2O. The van der Waals surface area contributed by atoms with Crippen molar-refractivity contribution in [1.82, 2.24) is 0 Å². The summed E-state index contributed by atoms with van der Waals surface area (Å²) in [5.74, 6) is 2.09. The number of nitrogens with zero attached hydrogens (tertiary/aromatic N) is 1. The second-order valence-corrected chi connectivity index (χ2v) is 5.94. The van der Waals surface area contributed by atoms with Crippen molar-refractivity contribution in [3.63, 3.8) is 0 Å². The Balaban J connectivity index is 2.26. The second kappa shape index (κ2) is 6.65. The molecule has 0 bridgehead atoms. The molecule has 2 atom stereocenters. The molecule has 1 N–H and O–H groups in total. The second-order valence-electron chi connectivity index (χ2n) is 5.94. The average molecular weight is 272 g/mol. The van der Waals surface area contributed by atoms with Gasteiger partial charge in [-0.05, 0) is 36.8 Å². The smallest absolute Gasteiger partial charge is 0.143 e. The van der Waals surface area contributed by atoms with Crippen LogP contribution in [0.15, 0.2) is 18.2 Å². The van der Waals surface area contributed by atoms with E-state index >= 15 is 0 Å². The number of methoxy groups -OCH3 is 1. The summed E-state index contributed by atoms with van der Waals surface area (Å²) in [6.07, 6.45) is 5.02. The van der Waals surface area contributed by atoms with Gasteiger partial charge in [0.25, 0.3) is 0 Å². The third-order valence-electron chi connectivity index (χ3n) is 4.37. The lowest BCUT2D eigenvalue weighted by atomic mass is 9.77. The summed E-state index contributed by atoms with van der Waals surface area (Å²) in [6.45, 7) is 4.58. The van der Waals surface area contributed by atoms with Gasteiger partial charge in [0, 0.05) is 6.04 Å². The largest absolute Gasteiger partial charge is 0.495 e. The van der Waals surface area contributed by atoms with Crippen molar-refractivity contribution in [2.24, 2.45) is 11.8 Å². The SMILES string of the molecule is COc1cccc(C#N)c1NC1CCCCC1C(C)C. The molecule has 3 heteroatoms. The highest BCUT2D eigenvalue weighted by Crippen LogP contribution is 2.36. The van der Waals surface area contributed by atoms with E-state index in [4.69, 9.17) is 4.74 Å². The summed E-state index contributed by atoms with van der Waals surface area (Å²) < 4.78 is 5.41. The van der Waals surface area contributed by atoms with E-state index in [0.717, 1.165) is 11.4 Å². The topological polar surface area (TPSA) is 45.0 Å². The number of para-hydroxylation sites is 1. The van der Waals surface area contributed by atoms with Crippen molar-refractivity contribution >= 4 is 5.69 Å². The molecule has 0 amide bonds. The first-order valence-corrected chi connectivity index (χ1v) is 7.51. The van der Waals surface area contributed by atoms with Crippen LogP contribution < -0.4 is 10.1 Å². The Morgan fingerprint density at radius 3 is 2.70 bits per heavy atom. The third-order valence-corrected chi connectivity index (χ3v) is 4.37. The standard InChI is InChI=1S/C17H24N2O/c1-12(2)14-8-4-5-9-15(14)19-17-13(11-18)7-6-10-16(17)20-3/h6-7,10,12,14-15,19H,4-5,8-9H2,1-3H3. The molecule has 3 nitrogen and oxygen atoms in total. The summed E-state index contributed by atoms with van der Waals surface area (Å²) >= 11 is 0. The van der Waals surface area contributed by atoms with Gasteiger partial charge >= 0.3 is 0 Å². The number of hydrogen-bond donors (Lipinski definition) is 1. The predicted molar refractivity (Wildman–Crippen MR) is 81.9 cm³/mol. The maximum atomic E-state index is 9.30. The minimum absolute atomic E-state index is 0.437. The first-order valence-electron chi connectivity index (χ1n) is 7.51. The molecule has 0 spiro atoms. The molecule has 0 saturated heterocycles. The third kappa shape index (κ3) is 3.07. The van der Waals surface area contributed by atoms with Crippen LogP contribution in [0, 0.1) is 23.2 Å². The lowest BCUT2D eigenvalue weighted by Gasteiger charge is -2.36. The molecule has 1 aliphatic rings. The molecule has 1 aromatic rings.